The molecule has 118 valence electrons. The Morgan fingerprint density at radius 1 is 1.00 bits per heavy atom. The van der Waals surface area contributed by atoms with Gasteiger partial charge in [-0.1, -0.05) is 0 Å². The minimum Gasteiger partial charge on any atom is -0.396 e. The third-order valence-electron chi connectivity index (χ3n) is 3.39. The van der Waals surface area contributed by atoms with E-state index in [1.165, 1.54) is 0 Å². The van der Waals surface area contributed by atoms with Gasteiger partial charge in [-0.25, -0.2) is 0 Å². The van der Waals surface area contributed by atoms with E-state index in [2.05, 4.69) is 0 Å². The van der Waals surface area contributed by atoms with Crippen molar-refractivity contribution >= 4 is 0 Å². The number of aliphatic hydroxyl groups is 1. The summed E-state index contributed by atoms with van der Waals surface area (Å²) in [5.41, 5.74) is -2.97. The molecule has 0 bridgehead atoms. The minimum absolute atomic E-state index is 0.0758. The molecule has 8 heteroatoms. The Balaban J connectivity index is 2.50. The van der Waals surface area contributed by atoms with Crippen LogP contribution in [0.25, 0.3) is 0 Å². The highest BCUT2D eigenvalue weighted by Crippen LogP contribution is 2.41. The molecule has 0 saturated carbocycles. The van der Waals surface area contributed by atoms with E-state index in [1.54, 1.807) is 0 Å². The van der Waals surface area contributed by atoms with E-state index < -0.39 is 35.5 Å². The maximum atomic E-state index is 12.7. The zero-order valence-electron chi connectivity index (χ0n) is 10.6. The topological polar surface area (TPSA) is 29.5 Å². The van der Waals surface area contributed by atoms with Gasteiger partial charge in [0.25, 0.3) is 0 Å². The van der Waals surface area contributed by atoms with E-state index >= 15 is 0 Å². The zero-order chi connectivity index (χ0) is 15.8. The largest absolute Gasteiger partial charge is 0.416 e. The van der Waals surface area contributed by atoms with E-state index in [-0.39, 0.29) is 24.8 Å². The minimum atomic E-state index is -4.89. The fourth-order valence-electron chi connectivity index (χ4n) is 2.33. The molecule has 2 rings (SSSR count). The summed E-state index contributed by atoms with van der Waals surface area (Å²) in [5.74, 6) is -0.505. The Kier molecular flexibility index (Phi) is 4.21. The van der Waals surface area contributed by atoms with Crippen LogP contribution < -0.4 is 0 Å². The molecule has 1 aromatic carbocycles. The molecule has 2 nitrogen and oxygen atoms in total. The number of hydrogen-bond acceptors (Lipinski definition) is 2. The second kappa shape index (κ2) is 5.49. The first kappa shape index (κ1) is 16.1. The van der Waals surface area contributed by atoms with Crippen molar-refractivity contribution in [3.8, 4) is 0 Å². The van der Waals surface area contributed by atoms with Gasteiger partial charge in [0.1, 0.15) is 0 Å². The number of aliphatic hydroxyl groups excluding tert-OH is 1. The van der Waals surface area contributed by atoms with Crippen molar-refractivity contribution in [3.05, 3.63) is 34.9 Å². The molecule has 0 aromatic heterocycles. The van der Waals surface area contributed by atoms with E-state index in [4.69, 9.17) is 9.84 Å². The highest BCUT2D eigenvalue weighted by Gasteiger charge is 2.39. The predicted molar refractivity (Wildman–Crippen MR) is 60.3 cm³/mol. The van der Waals surface area contributed by atoms with Crippen LogP contribution in [0, 0.1) is 5.92 Å². The van der Waals surface area contributed by atoms with Gasteiger partial charge >= 0.3 is 12.4 Å². The van der Waals surface area contributed by atoms with Crippen LogP contribution in [0.2, 0.25) is 0 Å². The maximum absolute atomic E-state index is 12.7. The first-order valence-corrected chi connectivity index (χ1v) is 6.15. The molecule has 2 unspecified atom stereocenters. The summed E-state index contributed by atoms with van der Waals surface area (Å²) >= 11 is 0. The molecule has 1 N–H and O–H groups in total. The maximum Gasteiger partial charge on any atom is 0.416 e. The van der Waals surface area contributed by atoms with Crippen LogP contribution in [0.3, 0.4) is 0 Å². The summed E-state index contributed by atoms with van der Waals surface area (Å²) in [6.45, 7) is -0.171. The lowest BCUT2D eigenvalue weighted by Crippen LogP contribution is -2.16. The number of alkyl halides is 6. The van der Waals surface area contributed by atoms with Crippen LogP contribution in [0.1, 0.15) is 29.2 Å². The molecule has 0 aliphatic carbocycles. The van der Waals surface area contributed by atoms with Crippen molar-refractivity contribution < 1.29 is 36.2 Å². The first-order chi connectivity index (χ1) is 9.63. The van der Waals surface area contributed by atoms with E-state index in [9.17, 15) is 26.3 Å². The van der Waals surface area contributed by atoms with Crippen LogP contribution in [0.4, 0.5) is 26.3 Å². The number of hydrogen-bond donors (Lipinski definition) is 1. The van der Waals surface area contributed by atoms with Gasteiger partial charge in [0.05, 0.1) is 17.2 Å². The van der Waals surface area contributed by atoms with Crippen molar-refractivity contribution in [1.29, 1.82) is 0 Å². The number of halogens is 6. The van der Waals surface area contributed by atoms with E-state index in [1.807, 2.05) is 0 Å². The molecule has 1 aliphatic rings. The highest BCUT2D eigenvalue weighted by molar-refractivity contribution is 5.35. The predicted octanol–water partition coefficient (Wildman–Crippen LogP) is 3.79. The van der Waals surface area contributed by atoms with Crippen LogP contribution in [0.5, 0.6) is 0 Å². The Morgan fingerprint density at radius 3 is 1.95 bits per heavy atom. The molecule has 1 saturated heterocycles. The van der Waals surface area contributed by atoms with Gasteiger partial charge in [-0.05, 0) is 30.2 Å². The standard InChI is InChI=1S/C13H12F6O2/c14-12(15,16)9-3-8(4-10(5-9)13(17,18)19)11-7(6-20)1-2-21-11/h3-5,7,11,20H,1-2,6H2. The van der Waals surface area contributed by atoms with Crippen LogP contribution in [0.15, 0.2) is 18.2 Å². The molecule has 1 aliphatic heterocycles. The average Bonchev–Trinajstić information content (AvgIpc) is 2.84. The summed E-state index contributed by atoms with van der Waals surface area (Å²) in [7, 11) is 0. The number of benzene rings is 1. The fourth-order valence-corrected chi connectivity index (χ4v) is 2.33. The Labute approximate surface area is 116 Å². The smallest absolute Gasteiger partial charge is 0.396 e. The molecule has 1 fully saturated rings. The molecule has 0 amide bonds. The van der Waals surface area contributed by atoms with Gasteiger partial charge in [-0.3, -0.25) is 0 Å². The van der Waals surface area contributed by atoms with Crippen molar-refractivity contribution in [3.63, 3.8) is 0 Å². The third kappa shape index (κ3) is 3.49. The SMILES string of the molecule is OCC1CCOC1c1cc(C(F)(F)F)cc(C(F)(F)F)c1. The molecular formula is C13H12F6O2. The van der Waals surface area contributed by atoms with E-state index in [0.717, 1.165) is 0 Å². The second-order valence-corrected chi connectivity index (χ2v) is 4.86. The molecule has 1 heterocycles. The van der Waals surface area contributed by atoms with Crippen LogP contribution in [-0.4, -0.2) is 18.3 Å². The Hall–Kier alpha value is -1.28. The van der Waals surface area contributed by atoms with Crippen molar-refractivity contribution in [1.82, 2.24) is 0 Å². The van der Waals surface area contributed by atoms with Gasteiger partial charge in [0.15, 0.2) is 0 Å². The number of ether oxygens (including phenoxy) is 1. The lowest BCUT2D eigenvalue weighted by molar-refractivity contribution is -0.143. The molecule has 0 radical (unpaired) electrons. The van der Waals surface area contributed by atoms with Crippen LogP contribution >= 0.6 is 0 Å². The molecule has 0 spiro atoms. The normalized spacial score (nSPS) is 23.6. The zero-order valence-corrected chi connectivity index (χ0v) is 10.6. The summed E-state index contributed by atoms with van der Waals surface area (Å²) in [5, 5.41) is 9.13. The monoisotopic (exact) mass is 314 g/mol. The lowest BCUT2D eigenvalue weighted by Gasteiger charge is -2.20. The average molecular weight is 314 g/mol. The van der Waals surface area contributed by atoms with Crippen molar-refractivity contribution in [2.45, 2.75) is 24.9 Å². The second-order valence-electron chi connectivity index (χ2n) is 4.86. The highest BCUT2D eigenvalue weighted by atomic mass is 19.4. The van der Waals surface area contributed by atoms with Gasteiger partial charge in [0.2, 0.25) is 0 Å². The molecular weight excluding hydrogens is 302 g/mol. The summed E-state index contributed by atoms with van der Waals surface area (Å²) in [4.78, 5) is 0. The Morgan fingerprint density at radius 2 is 1.52 bits per heavy atom. The molecule has 1 aromatic rings. The summed E-state index contributed by atoms with van der Waals surface area (Å²) in [6, 6.07) is 1.37. The van der Waals surface area contributed by atoms with Crippen molar-refractivity contribution in [2.75, 3.05) is 13.2 Å². The van der Waals surface area contributed by atoms with Gasteiger partial charge in [0, 0.05) is 19.1 Å². The Bertz CT molecular complexity index is 476. The van der Waals surface area contributed by atoms with Gasteiger partial charge in [-0.15, -0.1) is 0 Å². The summed E-state index contributed by atoms with van der Waals surface area (Å²) < 4.78 is 81.7. The van der Waals surface area contributed by atoms with Crippen molar-refractivity contribution in [2.24, 2.45) is 5.92 Å². The van der Waals surface area contributed by atoms with Gasteiger partial charge < -0.3 is 9.84 Å². The van der Waals surface area contributed by atoms with Gasteiger partial charge in [-0.2, -0.15) is 26.3 Å². The molecule has 2 atom stereocenters. The summed E-state index contributed by atoms with van der Waals surface area (Å²) in [6.07, 6.45) is -10.3. The number of rotatable bonds is 2. The lowest BCUT2D eigenvalue weighted by atomic mass is 9.93. The van der Waals surface area contributed by atoms with Crippen LogP contribution in [-0.2, 0) is 17.1 Å². The third-order valence-corrected chi connectivity index (χ3v) is 3.39. The fraction of sp³-hybridized carbons (Fsp3) is 0.538. The first-order valence-electron chi connectivity index (χ1n) is 6.15. The van der Waals surface area contributed by atoms with E-state index in [0.29, 0.717) is 18.6 Å². The molecule has 21 heavy (non-hydrogen) atoms. The quantitative estimate of drug-likeness (QED) is 0.842.